The van der Waals surface area contributed by atoms with Gasteiger partial charge >= 0.3 is 0 Å². The number of hydrogen-bond donors (Lipinski definition) is 1. The summed E-state index contributed by atoms with van der Waals surface area (Å²) in [6.45, 7) is -0.0241. The van der Waals surface area contributed by atoms with Crippen molar-refractivity contribution in [2.24, 2.45) is 5.73 Å². The molecule has 0 unspecified atom stereocenters. The Kier molecular flexibility index (Phi) is 7.07. The summed E-state index contributed by atoms with van der Waals surface area (Å²) in [5, 5.41) is 0. The van der Waals surface area contributed by atoms with Crippen LogP contribution in [0.5, 0.6) is 0 Å². The van der Waals surface area contributed by atoms with Gasteiger partial charge in [0, 0.05) is 20.0 Å². The summed E-state index contributed by atoms with van der Waals surface area (Å²) in [7, 11) is 3.07. The first-order valence-corrected chi connectivity index (χ1v) is 5.22. The number of carbonyl (C=O) groups excluding carboxylic acids is 1. The fourth-order valence-electron chi connectivity index (χ4n) is 1.05. The number of nitrogens with two attached hydrogens (primary N) is 1. The number of carbonyl (C=O) groups is 1. The topological polar surface area (TPSA) is 49.6 Å². The summed E-state index contributed by atoms with van der Waals surface area (Å²) in [4.78, 5) is 14.6. The number of hydrogen-bond acceptors (Lipinski definition) is 3. The van der Waals surface area contributed by atoms with Crippen molar-refractivity contribution < 1.29 is 13.6 Å². The lowest BCUT2D eigenvalue weighted by Crippen LogP contribution is -2.39. The van der Waals surface area contributed by atoms with Gasteiger partial charge in [-0.1, -0.05) is 12.2 Å². The van der Waals surface area contributed by atoms with Crippen molar-refractivity contribution in [3.8, 4) is 0 Å². The molecule has 4 nitrogen and oxygen atoms in total. The first kappa shape index (κ1) is 15.2. The Morgan fingerprint density at radius 2 is 2.00 bits per heavy atom. The number of alkyl halides is 2. The maximum absolute atomic E-state index is 12.0. The second kappa shape index (κ2) is 7.45. The molecule has 0 aromatic heterocycles. The zero-order valence-corrected chi connectivity index (χ0v) is 10.3. The van der Waals surface area contributed by atoms with E-state index in [1.54, 1.807) is 7.05 Å². The second-order valence-electron chi connectivity index (χ2n) is 3.62. The van der Waals surface area contributed by atoms with E-state index in [0.29, 0.717) is 18.0 Å². The molecule has 0 aliphatic heterocycles. The first-order chi connectivity index (χ1) is 7.32. The highest BCUT2D eigenvalue weighted by Crippen LogP contribution is 1.97. The Balaban J connectivity index is 3.90. The normalized spacial score (nSPS) is 10.9. The third kappa shape index (κ3) is 7.47. The predicted molar refractivity (Wildman–Crippen MR) is 62.5 cm³/mol. The molecule has 0 fully saturated rings. The average Bonchev–Trinajstić information content (AvgIpc) is 2.12. The summed E-state index contributed by atoms with van der Waals surface area (Å²) < 4.78 is 24.0. The highest BCUT2D eigenvalue weighted by molar-refractivity contribution is 7.80. The number of nitrogens with zero attached hydrogens (tertiary/aromatic N) is 2. The fraction of sp³-hybridized carbons (Fsp3) is 0.778. The largest absolute Gasteiger partial charge is 0.393 e. The minimum Gasteiger partial charge on any atom is -0.393 e. The number of likely N-dealkylation sites (N-methyl/N-ethyl adjacent to an activating group) is 2. The minimum absolute atomic E-state index is 0.0296. The lowest BCUT2D eigenvalue weighted by molar-refractivity contribution is -0.131. The van der Waals surface area contributed by atoms with Crippen molar-refractivity contribution in [1.82, 2.24) is 9.80 Å². The molecular weight excluding hydrogens is 236 g/mol. The lowest BCUT2D eigenvalue weighted by atomic mass is 10.3. The maximum Gasteiger partial charge on any atom is 0.251 e. The third-order valence-electron chi connectivity index (χ3n) is 1.97. The molecule has 0 rings (SSSR count). The Labute approximate surface area is 99.4 Å². The number of halogens is 2. The highest BCUT2D eigenvalue weighted by Gasteiger charge is 2.14. The van der Waals surface area contributed by atoms with Gasteiger partial charge in [0.05, 0.1) is 18.1 Å². The van der Waals surface area contributed by atoms with Crippen molar-refractivity contribution in [1.29, 1.82) is 0 Å². The third-order valence-corrected chi connectivity index (χ3v) is 2.18. The van der Waals surface area contributed by atoms with E-state index in [1.807, 2.05) is 0 Å². The average molecular weight is 253 g/mol. The molecule has 0 aliphatic carbocycles. The van der Waals surface area contributed by atoms with Gasteiger partial charge in [0.25, 0.3) is 6.43 Å². The molecule has 0 aromatic carbocycles. The molecule has 94 valence electrons. The van der Waals surface area contributed by atoms with Gasteiger partial charge in [-0.05, 0) is 7.05 Å². The Bertz CT molecular complexity index is 251. The van der Waals surface area contributed by atoms with Gasteiger partial charge in [-0.15, -0.1) is 0 Å². The number of thiocarbonyl (C=S) groups is 1. The van der Waals surface area contributed by atoms with Crippen molar-refractivity contribution in [2.75, 3.05) is 33.7 Å². The Hall–Kier alpha value is -0.820. The molecule has 0 saturated heterocycles. The van der Waals surface area contributed by atoms with E-state index in [4.69, 9.17) is 5.73 Å². The molecule has 0 atom stereocenters. The van der Waals surface area contributed by atoms with Crippen LogP contribution in [0.2, 0.25) is 0 Å². The molecular formula is C9H17F2N3OS. The predicted octanol–water partition coefficient (Wildman–Crippen LogP) is 0.318. The molecule has 0 bridgehead atoms. The van der Waals surface area contributed by atoms with E-state index >= 15 is 0 Å². The van der Waals surface area contributed by atoms with E-state index in [9.17, 15) is 13.6 Å². The van der Waals surface area contributed by atoms with Gasteiger partial charge in [-0.2, -0.15) is 0 Å². The molecule has 0 aromatic rings. The zero-order valence-electron chi connectivity index (χ0n) is 9.45. The number of rotatable bonds is 7. The van der Waals surface area contributed by atoms with Crippen LogP contribution in [0.15, 0.2) is 0 Å². The van der Waals surface area contributed by atoms with Gasteiger partial charge < -0.3 is 10.6 Å². The van der Waals surface area contributed by atoms with Gasteiger partial charge in [0.15, 0.2) is 0 Å². The van der Waals surface area contributed by atoms with Gasteiger partial charge in [-0.3, -0.25) is 9.69 Å². The Morgan fingerprint density at radius 1 is 1.44 bits per heavy atom. The van der Waals surface area contributed by atoms with Crippen LogP contribution < -0.4 is 5.73 Å². The first-order valence-electron chi connectivity index (χ1n) is 4.82. The molecule has 0 saturated carbocycles. The molecule has 0 aliphatic rings. The van der Waals surface area contributed by atoms with Crippen LogP contribution in [0.4, 0.5) is 8.78 Å². The number of amides is 1. The van der Waals surface area contributed by atoms with Gasteiger partial charge in [-0.25, -0.2) is 8.78 Å². The van der Waals surface area contributed by atoms with Crippen LogP contribution in [0, 0.1) is 0 Å². The summed E-state index contributed by atoms with van der Waals surface area (Å²) in [6.07, 6.45) is -1.99. The van der Waals surface area contributed by atoms with Crippen molar-refractivity contribution in [3.63, 3.8) is 0 Å². The smallest absolute Gasteiger partial charge is 0.251 e. The fourth-order valence-corrected chi connectivity index (χ4v) is 1.15. The molecule has 0 heterocycles. The molecule has 7 heteroatoms. The zero-order chi connectivity index (χ0) is 12.7. The van der Waals surface area contributed by atoms with Crippen molar-refractivity contribution >= 4 is 23.1 Å². The van der Waals surface area contributed by atoms with Crippen molar-refractivity contribution in [3.05, 3.63) is 0 Å². The lowest BCUT2D eigenvalue weighted by Gasteiger charge is -2.21. The summed E-state index contributed by atoms with van der Waals surface area (Å²) in [6, 6.07) is 0. The quantitative estimate of drug-likeness (QED) is 0.664. The standard InChI is InChI=1S/C9H17F2N3OS/c1-13(5-7(10)11)6-9(15)14(2)4-3-8(12)16/h7H,3-6H2,1-2H3,(H2,12,16). The Morgan fingerprint density at radius 3 is 2.44 bits per heavy atom. The summed E-state index contributed by atoms with van der Waals surface area (Å²) in [5.74, 6) is -0.223. The van der Waals surface area contributed by atoms with E-state index in [1.165, 1.54) is 16.8 Å². The van der Waals surface area contributed by atoms with E-state index < -0.39 is 13.0 Å². The van der Waals surface area contributed by atoms with Gasteiger partial charge in [0.2, 0.25) is 5.91 Å². The summed E-state index contributed by atoms with van der Waals surface area (Å²) >= 11 is 4.68. The molecule has 2 N–H and O–H groups in total. The highest BCUT2D eigenvalue weighted by atomic mass is 32.1. The van der Waals surface area contributed by atoms with E-state index in [-0.39, 0.29) is 12.5 Å². The monoisotopic (exact) mass is 253 g/mol. The van der Waals surface area contributed by atoms with Crippen LogP contribution in [0.1, 0.15) is 6.42 Å². The van der Waals surface area contributed by atoms with Crippen LogP contribution in [0.25, 0.3) is 0 Å². The van der Waals surface area contributed by atoms with Crippen molar-refractivity contribution in [2.45, 2.75) is 12.8 Å². The van der Waals surface area contributed by atoms with E-state index in [0.717, 1.165) is 0 Å². The van der Waals surface area contributed by atoms with Crippen LogP contribution in [-0.2, 0) is 4.79 Å². The van der Waals surface area contributed by atoms with Crippen LogP contribution in [-0.4, -0.2) is 60.9 Å². The second-order valence-corrected chi connectivity index (χ2v) is 4.14. The SMILES string of the molecule is CN(CC(=O)N(C)CCC(N)=S)CC(F)F. The maximum atomic E-state index is 12.0. The molecule has 1 amide bonds. The van der Waals surface area contributed by atoms with E-state index in [2.05, 4.69) is 12.2 Å². The summed E-state index contributed by atoms with van der Waals surface area (Å²) in [5.41, 5.74) is 5.29. The molecule has 16 heavy (non-hydrogen) atoms. The molecule has 0 radical (unpaired) electrons. The van der Waals surface area contributed by atoms with Crippen LogP contribution in [0.3, 0.4) is 0 Å². The minimum atomic E-state index is -2.43. The van der Waals surface area contributed by atoms with Crippen LogP contribution >= 0.6 is 12.2 Å². The van der Waals surface area contributed by atoms with Gasteiger partial charge in [0.1, 0.15) is 0 Å². The molecule has 0 spiro atoms.